The van der Waals surface area contributed by atoms with E-state index in [1.165, 1.54) is 0 Å². The molecular weight excluding hydrogens is 166 g/mol. The molecular formula is C9H17N3O. The summed E-state index contributed by atoms with van der Waals surface area (Å²) in [5, 5.41) is 0. The van der Waals surface area contributed by atoms with Gasteiger partial charge >= 0.3 is 6.03 Å². The fraction of sp³-hybridized carbons (Fsp3) is 0.889. The van der Waals surface area contributed by atoms with Crippen LogP contribution in [0, 0.1) is 0 Å². The standard InChI is InChI=1S/C9H17N3O/c1-11-6-4-9(7-11)3-2-5-12(9)8(10)13/h2-7H2,1H3,(H2,10,13). The second-order valence-corrected chi connectivity index (χ2v) is 4.31. The van der Waals surface area contributed by atoms with E-state index in [4.69, 9.17) is 5.73 Å². The minimum absolute atomic E-state index is 0.0839. The van der Waals surface area contributed by atoms with Crippen LogP contribution in [-0.2, 0) is 0 Å². The number of carbonyl (C=O) groups excluding carboxylic acids is 1. The highest BCUT2D eigenvalue weighted by atomic mass is 16.2. The highest BCUT2D eigenvalue weighted by Gasteiger charge is 2.46. The number of urea groups is 1. The molecule has 2 N–H and O–H groups in total. The second-order valence-electron chi connectivity index (χ2n) is 4.31. The minimum Gasteiger partial charge on any atom is -0.351 e. The van der Waals surface area contributed by atoms with E-state index >= 15 is 0 Å². The molecule has 13 heavy (non-hydrogen) atoms. The van der Waals surface area contributed by atoms with E-state index in [1.54, 1.807) is 0 Å². The van der Waals surface area contributed by atoms with Crippen molar-refractivity contribution in [2.75, 3.05) is 26.7 Å². The van der Waals surface area contributed by atoms with Crippen molar-refractivity contribution >= 4 is 6.03 Å². The molecule has 0 aromatic rings. The molecule has 1 atom stereocenters. The van der Waals surface area contributed by atoms with Gasteiger partial charge in [-0.1, -0.05) is 0 Å². The zero-order valence-corrected chi connectivity index (χ0v) is 8.12. The van der Waals surface area contributed by atoms with E-state index in [9.17, 15) is 4.79 Å². The van der Waals surface area contributed by atoms with Crippen molar-refractivity contribution in [3.05, 3.63) is 0 Å². The number of nitrogens with zero attached hydrogens (tertiary/aromatic N) is 2. The Kier molecular flexibility index (Phi) is 1.95. The molecule has 0 bridgehead atoms. The van der Waals surface area contributed by atoms with Crippen molar-refractivity contribution in [2.45, 2.75) is 24.8 Å². The number of carbonyl (C=O) groups is 1. The first-order chi connectivity index (χ1) is 6.14. The molecule has 2 saturated heterocycles. The Morgan fingerprint density at radius 3 is 2.69 bits per heavy atom. The topological polar surface area (TPSA) is 49.6 Å². The molecule has 1 spiro atoms. The van der Waals surface area contributed by atoms with Crippen LogP contribution in [0.1, 0.15) is 19.3 Å². The van der Waals surface area contributed by atoms with Crippen LogP contribution in [-0.4, -0.2) is 48.1 Å². The summed E-state index contributed by atoms with van der Waals surface area (Å²) in [5.74, 6) is 0. The van der Waals surface area contributed by atoms with Crippen molar-refractivity contribution in [3.63, 3.8) is 0 Å². The van der Waals surface area contributed by atoms with Gasteiger partial charge in [0.15, 0.2) is 0 Å². The maximum Gasteiger partial charge on any atom is 0.315 e. The van der Waals surface area contributed by atoms with Gasteiger partial charge in [-0.2, -0.15) is 0 Å². The first-order valence-electron chi connectivity index (χ1n) is 4.90. The summed E-state index contributed by atoms with van der Waals surface area (Å²) in [7, 11) is 2.10. The van der Waals surface area contributed by atoms with Gasteiger partial charge in [0.25, 0.3) is 0 Å². The van der Waals surface area contributed by atoms with Crippen molar-refractivity contribution in [1.29, 1.82) is 0 Å². The Morgan fingerprint density at radius 1 is 1.38 bits per heavy atom. The normalized spacial score (nSPS) is 34.7. The third kappa shape index (κ3) is 1.29. The summed E-state index contributed by atoms with van der Waals surface area (Å²) in [6, 6.07) is -0.243. The summed E-state index contributed by atoms with van der Waals surface area (Å²) in [4.78, 5) is 15.3. The van der Waals surface area contributed by atoms with Crippen LogP contribution in [0.15, 0.2) is 0 Å². The molecule has 74 valence electrons. The lowest BCUT2D eigenvalue weighted by Crippen LogP contribution is -2.51. The van der Waals surface area contributed by atoms with Crippen LogP contribution in [0.5, 0.6) is 0 Å². The van der Waals surface area contributed by atoms with Crippen LogP contribution in [0.2, 0.25) is 0 Å². The fourth-order valence-corrected chi connectivity index (χ4v) is 2.77. The molecule has 0 radical (unpaired) electrons. The first-order valence-corrected chi connectivity index (χ1v) is 4.90. The predicted molar refractivity (Wildman–Crippen MR) is 50.4 cm³/mol. The summed E-state index contributed by atoms with van der Waals surface area (Å²) in [6.07, 6.45) is 3.32. The monoisotopic (exact) mass is 183 g/mol. The second kappa shape index (κ2) is 2.87. The molecule has 2 rings (SSSR count). The highest BCUT2D eigenvalue weighted by molar-refractivity contribution is 5.73. The van der Waals surface area contributed by atoms with Gasteiger partial charge in [-0.15, -0.1) is 0 Å². The molecule has 0 aliphatic carbocycles. The predicted octanol–water partition coefficient (Wildman–Crippen LogP) is 0.235. The number of hydrogen-bond acceptors (Lipinski definition) is 2. The van der Waals surface area contributed by atoms with Crippen molar-refractivity contribution in [3.8, 4) is 0 Å². The molecule has 0 aromatic carbocycles. The van der Waals surface area contributed by atoms with Crippen LogP contribution in [0.3, 0.4) is 0 Å². The Balaban J connectivity index is 2.16. The Labute approximate surface area is 78.7 Å². The van der Waals surface area contributed by atoms with E-state index in [1.807, 2.05) is 4.90 Å². The van der Waals surface area contributed by atoms with E-state index in [-0.39, 0.29) is 11.6 Å². The lowest BCUT2D eigenvalue weighted by molar-refractivity contribution is 0.157. The molecule has 2 amide bonds. The van der Waals surface area contributed by atoms with Gasteiger partial charge in [-0.05, 0) is 26.3 Å². The van der Waals surface area contributed by atoms with Crippen molar-refractivity contribution < 1.29 is 4.79 Å². The Hall–Kier alpha value is -0.770. The Morgan fingerprint density at radius 2 is 2.15 bits per heavy atom. The van der Waals surface area contributed by atoms with Gasteiger partial charge in [-0.25, -0.2) is 4.79 Å². The van der Waals surface area contributed by atoms with Crippen molar-refractivity contribution in [2.24, 2.45) is 5.73 Å². The van der Waals surface area contributed by atoms with E-state index in [2.05, 4.69) is 11.9 Å². The number of amides is 2. The third-order valence-electron chi connectivity index (χ3n) is 3.39. The number of likely N-dealkylation sites (tertiary alicyclic amines) is 2. The van der Waals surface area contributed by atoms with Gasteiger partial charge in [0.05, 0.1) is 5.54 Å². The van der Waals surface area contributed by atoms with Gasteiger partial charge in [0.2, 0.25) is 0 Å². The van der Waals surface area contributed by atoms with Gasteiger partial charge < -0.3 is 15.5 Å². The molecule has 1 unspecified atom stereocenters. The van der Waals surface area contributed by atoms with E-state index in [0.29, 0.717) is 0 Å². The molecule has 2 heterocycles. The van der Waals surface area contributed by atoms with E-state index in [0.717, 1.165) is 38.9 Å². The number of rotatable bonds is 0. The molecule has 2 aliphatic heterocycles. The van der Waals surface area contributed by atoms with Crippen LogP contribution >= 0.6 is 0 Å². The first kappa shape index (κ1) is 8.81. The number of primary amides is 1. The van der Waals surface area contributed by atoms with Crippen LogP contribution < -0.4 is 5.73 Å². The summed E-state index contributed by atoms with van der Waals surface area (Å²) >= 11 is 0. The zero-order valence-electron chi connectivity index (χ0n) is 8.12. The molecule has 4 heteroatoms. The lowest BCUT2D eigenvalue weighted by Gasteiger charge is -2.33. The molecule has 2 aliphatic rings. The quantitative estimate of drug-likeness (QED) is 0.584. The van der Waals surface area contributed by atoms with Gasteiger partial charge in [0, 0.05) is 19.6 Å². The summed E-state index contributed by atoms with van der Waals surface area (Å²) < 4.78 is 0. The third-order valence-corrected chi connectivity index (χ3v) is 3.39. The zero-order chi connectivity index (χ0) is 9.47. The smallest absolute Gasteiger partial charge is 0.315 e. The molecule has 4 nitrogen and oxygen atoms in total. The number of hydrogen-bond donors (Lipinski definition) is 1. The Bertz CT molecular complexity index is 231. The number of likely N-dealkylation sites (N-methyl/N-ethyl adjacent to an activating group) is 1. The average Bonchev–Trinajstić information content (AvgIpc) is 2.60. The summed E-state index contributed by atoms with van der Waals surface area (Å²) in [6.45, 7) is 2.93. The van der Waals surface area contributed by atoms with Gasteiger partial charge in [-0.3, -0.25) is 0 Å². The average molecular weight is 183 g/mol. The molecule has 2 fully saturated rings. The molecule has 0 aromatic heterocycles. The van der Waals surface area contributed by atoms with Crippen LogP contribution in [0.25, 0.3) is 0 Å². The SMILES string of the molecule is CN1CCC2(CCCN2C(N)=O)C1. The summed E-state index contributed by atoms with van der Waals surface area (Å²) in [5.41, 5.74) is 5.45. The van der Waals surface area contributed by atoms with Crippen LogP contribution in [0.4, 0.5) is 4.79 Å². The fourth-order valence-electron chi connectivity index (χ4n) is 2.77. The number of nitrogens with two attached hydrogens (primary N) is 1. The lowest BCUT2D eigenvalue weighted by atomic mass is 9.95. The molecule has 0 saturated carbocycles. The minimum atomic E-state index is -0.243. The van der Waals surface area contributed by atoms with Gasteiger partial charge in [0.1, 0.15) is 0 Å². The maximum atomic E-state index is 11.2. The highest BCUT2D eigenvalue weighted by Crippen LogP contribution is 2.36. The van der Waals surface area contributed by atoms with E-state index < -0.39 is 0 Å². The van der Waals surface area contributed by atoms with Crippen molar-refractivity contribution in [1.82, 2.24) is 9.80 Å². The largest absolute Gasteiger partial charge is 0.351 e. The maximum absolute atomic E-state index is 11.2.